The second-order valence-electron chi connectivity index (χ2n) is 9.99. The number of carboxylic acids is 1. The molecule has 5 aromatic rings. The highest BCUT2D eigenvalue weighted by Crippen LogP contribution is 2.32. The molecule has 3 aromatic carbocycles. The van der Waals surface area contributed by atoms with E-state index in [4.69, 9.17) is 16.0 Å². The number of aromatic carboxylic acids is 1. The van der Waals surface area contributed by atoms with Gasteiger partial charge in [-0.3, -0.25) is 14.2 Å². The van der Waals surface area contributed by atoms with Gasteiger partial charge < -0.3 is 14.8 Å². The smallest absolute Gasteiger partial charge is 0.335 e. The molecule has 1 aliphatic rings. The number of benzene rings is 3. The number of halogens is 1. The quantitative estimate of drug-likeness (QED) is 0.253. The minimum absolute atomic E-state index is 0.191. The van der Waals surface area contributed by atoms with Crippen LogP contribution in [0.2, 0.25) is 5.02 Å². The Bertz CT molecular complexity index is 2110. The number of amides is 1. The van der Waals surface area contributed by atoms with Gasteiger partial charge in [0.25, 0.3) is 11.5 Å². The number of thiazole rings is 1. The summed E-state index contributed by atoms with van der Waals surface area (Å²) in [5.41, 5.74) is 3.57. The van der Waals surface area contributed by atoms with Gasteiger partial charge in [0.2, 0.25) is 0 Å². The van der Waals surface area contributed by atoms with E-state index in [1.807, 2.05) is 25.1 Å². The van der Waals surface area contributed by atoms with Crippen LogP contribution in [0.25, 0.3) is 17.4 Å². The number of hydrogen-bond acceptors (Lipinski definition) is 6. The van der Waals surface area contributed by atoms with E-state index in [2.05, 4.69) is 10.3 Å². The minimum Gasteiger partial charge on any atom is -0.478 e. The third-order valence-electron chi connectivity index (χ3n) is 7.12. The van der Waals surface area contributed by atoms with Gasteiger partial charge in [-0.15, -0.1) is 0 Å². The van der Waals surface area contributed by atoms with Crippen LogP contribution in [0.3, 0.4) is 0 Å². The molecule has 0 saturated carbocycles. The van der Waals surface area contributed by atoms with E-state index in [-0.39, 0.29) is 17.0 Å². The number of nitrogens with zero attached hydrogens (tertiary/aromatic N) is 2. The Kier molecular flexibility index (Phi) is 7.43. The highest BCUT2D eigenvalue weighted by Gasteiger charge is 2.32. The maximum Gasteiger partial charge on any atom is 0.335 e. The molecule has 0 radical (unpaired) electrons. The third kappa shape index (κ3) is 5.48. The van der Waals surface area contributed by atoms with Crippen LogP contribution in [-0.4, -0.2) is 21.6 Å². The zero-order valence-electron chi connectivity index (χ0n) is 23.0. The van der Waals surface area contributed by atoms with Crippen LogP contribution in [0.1, 0.15) is 40.2 Å². The molecule has 214 valence electrons. The van der Waals surface area contributed by atoms with Crippen molar-refractivity contribution in [1.29, 1.82) is 0 Å². The van der Waals surface area contributed by atoms with Crippen molar-refractivity contribution < 1.29 is 19.1 Å². The first-order chi connectivity index (χ1) is 20.7. The number of furan rings is 1. The molecular formula is C33H24ClN3O5S. The van der Waals surface area contributed by atoms with Crippen molar-refractivity contribution in [2.75, 3.05) is 5.32 Å². The molecule has 0 saturated heterocycles. The van der Waals surface area contributed by atoms with E-state index in [0.717, 1.165) is 11.1 Å². The molecule has 1 amide bonds. The van der Waals surface area contributed by atoms with E-state index in [1.165, 1.54) is 22.0 Å². The van der Waals surface area contributed by atoms with Crippen molar-refractivity contribution in [1.82, 2.24) is 4.57 Å². The average molecular weight is 610 g/mol. The summed E-state index contributed by atoms with van der Waals surface area (Å²) in [5.74, 6) is -0.370. The van der Waals surface area contributed by atoms with Crippen LogP contribution in [0, 0.1) is 6.92 Å². The fourth-order valence-corrected chi connectivity index (χ4v) is 6.22. The Morgan fingerprint density at radius 2 is 1.77 bits per heavy atom. The SMILES string of the molecule is CC1=C(C(=O)Nc2ccccc2)[C@@H](c2ccc(Cl)cc2)n2c(s/c(=C\c3ccc(-c4ccc(C(=O)O)cc4C)o3)c2=O)=N1. The lowest BCUT2D eigenvalue weighted by Crippen LogP contribution is -2.40. The summed E-state index contributed by atoms with van der Waals surface area (Å²) in [6.45, 7) is 3.57. The van der Waals surface area contributed by atoms with Gasteiger partial charge in [-0.25, -0.2) is 9.79 Å². The molecular weight excluding hydrogens is 586 g/mol. The molecule has 8 nitrogen and oxygen atoms in total. The number of fused-ring (bicyclic) bond motifs is 1. The van der Waals surface area contributed by atoms with Crippen LogP contribution < -0.4 is 20.2 Å². The number of nitrogens with one attached hydrogen (secondary N) is 1. The zero-order valence-corrected chi connectivity index (χ0v) is 24.6. The second-order valence-corrected chi connectivity index (χ2v) is 11.4. The summed E-state index contributed by atoms with van der Waals surface area (Å²) in [6, 6.07) is 23.8. The van der Waals surface area contributed by atoms with Crippen LogP contribution in [0.4, 0.5) is 5.69 Å². The summed E-state index contributed by atoms with van der Waals surface area (Å²) in [7, 11) is 0. The van der Waals surface area contributed by atoms with Crippen molar-refractivity contribution in [3.8, 4) is 11.3 Å². The number of para-hydroxylation sites is 1. The van der Waals surface area contributed by atoms with Crippen molar-refractivity contribution in [3.63, 3.8) is 0 Å². The van der Waals surface area contributed by atoms with Crippen molar-refractivity contribution in [2.24, 2.45) is 4.99 Å². The van der Waals surface area contributed by atoms with Gasteiger partial charge in [0, 0.05) is 22.3 Å². The minimum atomic E-state index is -1.00. The van der Waals surface area contributed by atoms with Gasteiger partial charge in [-0.2, -0.15) is 0 Å². The number of carboxylic acid groups (broad SMARTS) is 1. The van der Waals surface area contributed by atoms with Gasteiger partial charge in [0.1, 0.15) is 11.5 Å². The maximum atomic E-state index is 13.9. The standard InChI is InChI=1S/C33H24ClN3O5S/c1-18-16-21(32(40)41)10-14-25(18)26-15-13-24(42-26)17-27-31(39)37-29(20-8-11-22(34)12-9-20)28(19(2)35-33(37)43-27)30(38)36-23-6-4-3-5-7-23/h3-17,29H,1-2H3,(H,36,38)(H,40,41)/b27-17-/t29-/m1/s1. The maximum absolute atomic E-state index is 13.9. The average Bonchev–Trinajstić information content (AvgIpc) is 3.57. The molecule has 0 bridgehead atoms. The summed E-state index contributed by atoms with van der Waals surface area (Å²) < 4.78 is 7.97. The first kappa shape index (κ1) is 28.1. The number of carbonyl (C=O) groups excluding carboxylic acids is 1. The number of carbonyl (C=O) groups is 2. The van der Waals surface area contributed by atoms with E-state index in [1.54, 1.807) is 73.7 Å². The predicted octanol–water partition coefficient (Wildman–Crippen LogP) is 5.79. The number of aryl methyl sites for hydroxylation is 1. The molecule has 10 heteroatoms. The number of hydrogen-bond donors (Lipinski definition) is 2. The van der Waals surface area contributed by atoms with E-state index in [0.29, 0.717) is 48.4 Å². The second kappa shape index (κ2) is 11.4. The fourth-order valence-electron chi connectivity index (χ4n) is 5.07. The van der Waals surface area contributed by atoms with Gasteiger partial charge in [0.15, 0.2) is 4.80 Å². The Balaban J connectivity index is 1.43. The number of anilines is 1. The fraction of sp³-hybridized carbons (Fsp3) is 0.0909. The highest BCUT2D eigenvalue weighted by molar-refractivity contribution is 7.07. The monoisotopic (exact) mass is 609 g/mol. The van der Waals surface area contributed by atoms with Gasteiger partial charge in [0.05, 0.1) is 27.4 Å². The predicted molar refractivity (Wildman–Crippen MR) is 166 cm³/mol. The Morgan fingerprint density at radius 3 is 2.47 bits per heavy atom. The zero-order chi connectivity index (χ0) is 30.2. The number of allylic oxidation sites excluding steroid dienone is 1. The van der Waals surface area contributed by atoms with Crippen LogP contribution >= 0.6 is 22.9 Å². The van der Waals surface area contributed by atoms with E-state index >= 15 is 0 Å². The normalized spacial score (nSPS) is 14.8. The Hall–Kier alpha value is -4.99. The molecule has 0 fully saturated rings. The highest BCUT2D eigenvalue weighted by atomic mass is 35.5. The van der Waals surface area contributed by atoms with Crippen LogP contribution in [0.5, 0.6) is 0 Å². The first-order valence-corrected chi connectivity index (χ1v) is 14.5. The van der Waals surface area contributed by atoms with Crippen LogP contribution in [-0.2, 0) is 4.79 Å². The molecule has 0 spiro atoms. The van der Waals surface area contributed by atoms with Crippen molar-refractivity contribution in [2.45, 2.75) is 19.9 Å². The lowest BCUT2D eigenvalue weighted by Gasteiger charge is -2.25. The molecule has 6 rings (SSSR count). The van der Waals surface area contributed by atoms with Crippen LogP contribution in [0.15, 0.2) is 110 Å². The summed E-state index contributed by atoms with van der Waals surface area (Å²) in [6.07, 6.45) is 1.65. The van der Waals surface area contributed by atoms with E-state index in [9.17, 15) is 19.5 Å². The molecule has 2 N–H and O–H groups in total. The van der Waals surface area contributed by atoms with Crippen molar-refractivity contribution >= 4 is 46.6 Å². The molecule has 1 atom stereocenters. The summed E-state index contributed by atoms with van der Waals surface area (Å²) in [4.78, 5) is 44.0. The topological polar surface area (TPSA) is 114 Å². The summed E-state index contributed by atoms with van der Waals surface area (Å²) in [5, 5.41) is 12.7. The van der Waals surface area contributed by atoms with Gasteiger partial charge >= 0.3 is 5.97 Å². The number of aromatic nitrogens is 1. The third-order valence-corrected chi connectivity index (χ3v) is 8.36. The lowest BCUT2D eigenvalue weighted by atomic mass is 9.95. The van der Waals surface area contributed by atoms with E-state index < -0.39 is 12.0 Å². The molecule has 0 unspecified atom stereocenters. The number of rotatable bonds is 6. The Morgan fingerprint density at radius 1 is 1.02 bits per heavy atom. The summed E-state index contributed by atoms with van der Waals surface area (Å²) >= 11 is 7.38. The lowest BCUT2D eigenvalue weighted by molar-refractivity contribution is -0.113. The molecule has 2 aromatic heterocycles. The largest absolute Gasteiger partial charge is 0.478 e. The first-order valence-electron chi connectivity index (χ1n) is 13.3. The molecule has 43 heavy (non-hydrogen) atoms. The van der Waals surface area contributed by atoms with Gasteiger partial charge in [-0.05, 0) is 73.5 Å². The Labute approximate surface area is 254 Å². The van der Waals surface area contributed by atoms with Gasteiger partial charge in [-0.1, -0.05) is 59.3 Å². The molecule has 0 aliphatic carbocycles. The van der Waals surface area contributed by atoms with Crippen molar-refractivity contribution in [3.05, 3.63) is 143 Å². The molecule has 3 heterocycles. The molecule has 1 aliphatic heterocycles.